The SMILES string of the molecule is COc1ccc(N)cc1NC(=O)c1ccc2c(c1)CCO2. The summed E-state index contributed by atoms with van der Waals surface area (Å²) in [6, 6.07) is 10.6. The van der Waals surface area contributed by atoms with E-state index in [2.05, 4.69) is 5.32 Å². The maximum atomic E-state index is 12.3. The summed E-state index contributed by atoms with van der Waals surface area (Å²) in [5.41, 5.74) is 8.51. The smallest absolute Gasteiger partial charge is 0.255 e. The highest BCUT2D eigenvalue weighted by molar-refractivity contribution is 6.05. The minimum atomic E-state index is -0.200. The molecule has 0 aromatic heterocycles. The molecule has 0 atom stereocenters. The van der Waals surface area contributed by atoms with Gasteiger partial charge < -0.3 is 20.5 Å². The number of hydrogen-bond acceptors (Lipinski definition) is 4. The van der Waals surface area contributed by atoms with Crippen molar-refractivity contribution in [3.8, 4) is 11.5 Å². The summed E-state index contributed by atoms with van der Waals surface area (Å²) in [5.74, 6) is 1.23. The molecule has 1 aliphatic heterocycles. The highest BCUT2D eigenvalue weighted by Crippen LogP contribution is 2.29. The molecule has 5 heteroatoms. The van der Waals surface area contributed by atoms with Crippen LogP contribution in [0, 0.1) is 0 Å². The molecule has 3 N–H and O–H groups in total. The average Bonchev–Trinajstić information content (AvgIpc) is 2.94. The lowest BCUT2D eigenvalue weighted by Gasteiger charge is -2.11. The van der Waals surface area contributed by atoms with Crippen molar-refractivity contribution < 1.29 is 14.3 Å². The molecule has 0 aliphatic carbocycles. The van der Waals surface area contributed by atoms with Crippen LogP contribution in [-0.4, -0.2) is 19.6 Å². The van der Waals surface area contributed by atoms with Crippen molar-refractivity contribution in [2.24, 2.45) is 0 Å². The van der Waals surface area contributed by atoms with Crippen LogP contribution in [0.4, 0.5) is 11.4 Å². The van der Waals surface area contributed by atoms with Crippen molar-refractivity contribution in [2.45, 2.75) is 6.42 Å². The highest BCUT2D eigenvalue weighted by Gasteiger charge is 2.16. The minimum Gasteiger partial charge on any atom is -0.495 e. The zero-order valence-electron chi connectivity index (χ0n) is 11.7. The first-order valence-corrected chi connectivity index (χ1v) is 6.68. The van der Waals surface area contributed by atoms with Crippen LogP contribution in [0.2, 0.25) is 0 Å². The zero-order valence-corrected chi connectivity index (χ0v) is 11.7. The van der Waals surface area contributed by atoms with E-state index >= 15 is 0 Å². The third kappa shape index (κ3) is 2.63. The van der Waals surface area contributed by atoms with E-state index in [0.29, 0.717) is 29.3 Å². The Morgan fingerprint density at radius 1 is 1.29 bits per heavy atom. The minimum absolute atomic E-state index is 0.200. The predicted octanol–water partition coefficient (Wildman–Crippen LogP) is 2.46. The van der Waals surface area contributed by atoms with Gasteiger partial charge in [-0.05, 0) is 42.0 Å². The Bertz CT molecular complexity index is 698. The van der Waals surface area contributed by atoms with Gasteiger partial charge in [0.15, 0.2) is 0 Å². The van der Waals surface area contributed by atoms with E-state index < -0.39 is 0 Å². The molecular weight excluding hydrogens is 268 g/mol. The Balaban J connectivity index is 1.85. The molecule has 0 bridgehead atoms. The summed E-state index contributed by atoms with van der Waals surface area (Å²) < 4.78 is 10.7. The van der Waals surface area contributed by atoms with E-state index in [1.165, 1.54) is 0 Å². The van der Waals surface area contributed by atoms with E-state index in [0.717, 1.165) is 17.7 Å². The molecule has 0 spiro atoms. The first-order chi connectivity index (χ1) is 10.2. The van der Waals surface area contributed by atoms with Crippen molar-refractivity contribution in [3.63, 3.8) is 0 Å². The Hall–Kier alpha value is -2.69. The van der Waals surface area contributed by atoms with Gasteiger partial charge >= 0.3 is 0 Å². The molecule has 2 aromatic carbocycles. The Kier molecular flexibility index (Phi) is 3.39. The Labute approximate surface area is 122 Å². The molecule has 21 heavy (non-hydrogen) atoms. The van der Waals surface area contributed by atoms with Gasteiger partial charge in [0.1, 0.15) is 11.5 Å². The van der Waals surface area contributed by atoms with Crippen molar-refractivity contribution in [1.82, 2.24) is 0 Å². The van der Waals surface area contributed by atoms with Gasteiger partial charge in [-0.15, -0.1) is 0 Å². The number of rotatable bonds is 3. The van der Waals surface area contributed by atoms with Crippen LogP contribution in [0.15, 0.2) is 36.4 Å². The topological polar surface area (TPSA) is 73.6 Å². The van der Waals surface area contributed by atoms with Gasteiger partial charge in [-0.3, -0.25) is 4.79 Å². The van der Waals surface area contributed by atoms with Gasteiger partial charge in [0.25, 0.3) is 5.91 Å². The quantitative estimate of drug-likeness (QED) is 0.849. The lowest BCUT2D eigenvalue weighted by atomic mass is 10.1. The largest absolute Gasteiger partial charge is 0.495 e. The molecule has 1 heterocycles. The summed E-state index contributed by atoms with van der Waals surface area (Å²) >= 11 is 0. The van der Waals surface area contributed by atoms with Crippen LogP contribution >= 0.6 is 0 Å². The summed E-state index contributed by atoms with van der Waals surface area (Å²) in [4.78, 5) is 12.3. The number of fused-ring (bicyclic) bond motifs is 1. The molecule has 1 amide bonds. The number of benzene rings is 2. The third-order valence-electron chi connectivity index (χ3n) is 3.42. The number of nitrogens with two attached hydrogens (primary N) is 1. The van der Waals surface area contributed by atoms with Gasteiger partial charge in [0.2, 0.25) is 0 Å². The first kappa shape index (κ1) is 13.3. The second-order valence-electron chi connectivity index (χ2n) is 4.83. The number of carbonyl (C=O) groups is 1. The van der Waals surface area contributed by atoms with Gasteiger partial charge in [-0.2, -0.15) is 0 Å². The second kappa shape index (κ2) is 5.36. The molecule has 108 valence electrons. The van der Waals surface area contributed by atoms with Crippen LogP contribution in [0.25, 0.3) is 0 Å². The van der Waals surface area contributed by atoms with E-state index in [1.807, 2.05) is 12.1 Å². The fourth-order valence-electron chi connectivity index (χ4n) is 2.35. The van der Waals surface area contributed by atoms with E-state index in [4.69, 9.17) is 15.2 Å². The van der Waals surface area contributed by atoms with Crippen LogP contribution in [0.1, 0.15) is 15.9 Å². The summed E-state index contributed by atoms with van der Waals surface area (Å²) in [7, 11) is 1.55. The number of methoxy groups -OCH3 is 1. The number of carbonyl (C=O) groups excluding carboxylic acids is 1. The van der Waals surface area contributed by atoms with Crippen LogP contribution < -0.4 is 20.5 Å². The number of nitrogen functional groups attached to an aromatic ring is 1. The number of hydrogen-bond donors (Lipinski definition) is 2. The van der Waals surface area contributed by atoms with Crippen molar-refractivity contribution in [1.29, 1.82) is 0 Å². The molecule has 0 saturated heterocycles. The van der Waals surface area contributed by atoms with E-state index in [1.54, 1.807) is 31.4 Å². The molecule has 3 rings (SSSR count). The van der Waals surface area contributed by atoms with Crippen molar-refractivity contribution in [2.75, 3.05) is 24.8 Å². The first-order valence-electron chi connectivity index (χ1n) is 6.68. The summed E-state index contributed by atoms with van der Waals surface area (Å²) in [5, 5.41) is 2.82. The van der Waals surface area contributed by atoms with Gasteiger partial charge in [-0.1, -0.05) is 0 Å². The lowest BCUT2D eigenvalue weighted by Crippen LogP contribution is -2.13. The fraction of sp³-hybridized carbons (Fsp3) is 0.188. The molecule has 5 nitrogen and oxygen atoms in total. The molecule has 0 fully saturated rings. The van der Waals surface area contributed by atoms with E-state index in [9.17, 15) is 4.79 Å². The second-order valence-corrected chi connectivity index (χ2v) is 4.83. The van der Waals surface area contributed by atoms with Gasteiger partial charge in [0.05, 0.1) is 19.4 Å². The predicted molar refractivity (Wildman–Crippen MR) is 81.0 cm³/mol. The molecular formula is C16H16N2O3. The Morgan fingerprint density at radius 3 is 2.95 bits per heavy atom. The zero-order chi connectivity index (χ0) is 14.8. The van der Waals surface area contributed by atoms with E-state index in [-0.39, 0.29) is 5.91 Å². The van der Waals surface area contributed by atoms with Crippen LogP contribution in [0.5, 0.6) is 11.5 Å². The molecule has 0 radical (unpaired) electrons. The summed E-state index contributed by atoms with van der Waals surface area (Å²) in [6.07, 6.45) is 0.831. The standard InChI is InChI=1S/C16H16N2O3/c1-20-15-5-3-12(17)9-13(15)18-16(19)11-2-4-14-10(8-11)6-7-21-14/h2-5,8-9H,6-7,17H2,1H3,(H,18,19). The van der Waals surface area contributed by atoms with Crippen molar-refractivity contribution >= 4 is 17.3 Å². The van der Waals surface area contributed by atoms with Gasteiger partial charge in [-0.25, -0.2) is 0 Å². The van der Waals surface area contributed by atoms with Crippen LogP contribution in [-0.2, 0) is 6.42 Å². The molecule has 0 saturated carbocycles. The highest BCUT2D eigenvalue weighted by atomic mass is 16.5. The number of anilines is 2. The normalized spacial score (nSPS) is 12.4. The molecule has 2 aromatic rings. The maximum absolute atomic E-state index is 12.3. The fourth-order valence-corrected chi connectivity index (χ4v) is 2.35. The maximum Gasteiger partial charge on any atom is 0.255 e. The summed E-state index contributed by atoms with van der Waals surface area (Å²) in [6.45, 7) is 0.670. The number of ether oxygens (including phenoxy) is 2. The number of nitrogens with one attached hydrogen (secondary N) is 1. The van der Waals surface area contributed by atoms with Gasteiger partial charge in [0, 0.05) is 17.7 Å². The lowest BCUT2D eigenvalue weighted by molar-refractivity contribution is 0.102. The monoisotopic (exact) mass is 284 g/mol. The molecule has 0 unspecified atom stereocenters. The third-order valence-corrected chi connectivity index (χ3v) is 3.42. The average molecular weight is 284 g/mol. The number of amides is 1. The Morgan fingerprint density at radius 2 is 2.14 bits per heavy atom. The van der Waals surface area contributed by atoms with Crippen LogP contribution in [0.3, 0.4) is 0 Å². The molecule has 1 aliphatic rings. The van der Waals surface area contributed by atoms with Crippen molar-refractivity contribution in [3.05, 3.63) is 47.5 Å².